The molecule has 6 atom stereocenters. The second-order valence-electron chi connectivity index (χ2n) is 11.9. The third-order valence-corrected chi connectivity index (χ3v) is 9.78. The minimum absolute atomic E-state index is 0.0445. The lowest BCUT2D eigenvalue weighted by atomic mass is 9.46. The molecule has 2 N–H and O–H groups in total. The van der Waals surface area contributed by atoms with Gasteiger partial charge in [-0.3, -0.25) is 19.2 Å². The Balaban J connectivity index is 1.56. The summed E-state index contributed by atoms with van der Waals surface area (Å²) in [6.45, 7) is 7.93. The van der Waals surface area contributed by atoms with Crippen LogP contribution < -0.4 is 5.32 Å². The van der Waals surface area contributed by atoms with Gasteiger partial charge in [-0.15, -0.1) is 0 Å². The second-order valence-corrected chi connectivity index (χ2v) is 11.9. The fraction of sp³-hybridized carbons (Fsp3) is 0.438. The number of carbonyl (C=O) groups excluding carboxylic acids is 4. The van der Waals surface area contributed by atoms with Crippen molar-refractivity contribution in [2.24, 2.45) is 23.2 Å². The highest BCUT2D eigenvalue weighted by Crippen LogP contribution is 2.63. The maximum atomic E-state index is 14.3. The number of para-hydroxylation sites is 1. The van der Waals surface area contributed by atoms with Crippen molar-refractivity contribution in [3.8, 4) is 0 Å². The van der Waals surface area contributed by atoms with Gasteiger partial charge in [0.15, 0.2) is 0 Å². The number of rotatable bonds is 0. The number of amides is 1. The molecule has 3 aliphatic carbocycles. The van der Waals surface area contributed by atoms with Gasteiger partial charge in [-0.2, -0.15) is 0 Å². The molecule has 0 radical (unpaired) electrons. The van der Waals surface area contributed by atoms with Gasteiger partial charge in [-0.25, -0.2) is 0 Å². The van der Waals surface area contributed by atoms with Crippen LogP contribution in [0.4, 0.5) is 0 Å². The predicted molar refractivity (Wildman–Crippen MR) is 145 cm³/mol. The fourth-order valence-electron chi connectivity index (χ4n) is 7.93. The van der Waals surface area contributed by atoms with Gasteiger partial charge >= 0.3 is 0 Å². The number of carbonyl (C=O) groups is 4. The van der Waals surface area contributed by atoms with E-state index in [0.717, 1.165) is 22.2 Å². The van der Waals surface area contributed by atoms with Crippen molar-refractivity contribution in [2.75, 3.05) is 0 Å². The number of aromatic nitrogens is 1. The fourth-order valence-corrected chi connectivity index (χ4v) is 7.93. The minimum Gasteiger partial charge on any atom is -0.357 e. The van der Waals surface area contributed by atoms with E-state index in [-0.39, 0.29) is 42.4 Å². The number of hydrogen-bond acceptors (Lipinski definition) is 4. The molecular formula is C32H34N2O4. The number of benzene rings is 1. The molecule has 2 heterocycles. The minimum atomic E-state index is -1.34. The molecule has 1 amide bonds. The third kappa shape index (κ3) is 3.18. The van der Waals surface area contributed by atoms with E-state index in [9.17, 15) is 19.2 Å². The van der Waals surface area contributed by atoms with Crippen molar-refractivity contribution in [3.63, 3.8) is 0 Å². The van der Waals surface area contributed by atoms with Gasteiger partial charge in [0.1, 0.15) is 11.2 Å². The largest absolute Gasteiger partial charge is 0.357 e. The Labute approximate surface area is 222 Å². The lowest BCUT2D eigenvalue weighted by Crippen LogP contribution is -2.59. The summed E-state index contributed by atoms with van der Waals surface area (Å²) in [4.78, 5) is 57.6. The van der Waals surface area contributed by atoms with Crippen molar-refractivity contribution in [2.45, 2.75) is 64.8 Å². The van der Waals surface area contributed by atoms with Gasteiger partial charge in [-0.05, 0) is 56.7 Å². The van der Waals surface area contributed by atoms with Gasteiger partial charge in [0.2, 0.25) is 17.5 Å². The molecule has 0 saturated carbocycles. The van der Waals surface area contributed by atoms with E-state index < -0.39 is 28.3 Å². The molecule has 6 nitrogen and oxygen atoms in total. The molecule has 4 aliphatic rings. The molecule has 1 aromatic heterocycles. The van der Waals surface area contributed by atoms with Crippen LogP contribution in [0.5, 0.6) is 0 Å². The third-order valence-electron chi connectivity index (χ3n) is 9.78. The lowest BCUT2D eigenvalue weighted by molar-refractivity contribution is -0.147. The molecule has 1 aromatic carbocycles. The first kappa shape index (κ1) is 24.8. The molecule has 1 aliphatic heterocycles. The maximum Gasteiger partial charge on any atom is 0.235 e. The number of H-pyrrole nitrogens is 1. The number of allylic oxidation sites excluding steroid dienone is 6. The van der Waals surface area contributed by atoms with Crippen LogP contribution in [0.2, 0.25) is 0 Å². The van der Waals surface area contributed by atoms with Crippen molar-refractivity contribution in [1.82, 2.24) is 10.3 Å². The highest BCUT2D eigenvalue weighted by Gasteiger charge is 2.71. The van der Waals surface area contributed by atoms with E-state index in [1.165, 1.54) is 5.56 Å². The Bertz CT molecular complexity index is 1510. The van der Waals surface area contributed by atoms with Gasteiger partial charge in [0.25, 0.3) is 0 Å². The van der Waals surface area contributed by atoms with Crippen LogP contribution in [0.3, 0.4) is 0 Å². The van der Waals surface area contributed by atoms with Crippen LogP contribution in [0.1, 0.15) is 58.2 Å². The Morgan fingerprint density at radius 3 is 2.55 bits per heavy atom. The van der Waals surface area contributed by atoms with E-state index in [1.807, 2.05) is 37.3 Å². The van der Waals surface area contributed by atoms with E-state index in [4.69, 9.17) is 0 Å². The molecule has 1 saturated heterocycles. The Kier molecular flexibility index (Phi) is 5.53. The van der Waals surface area contributed by atoms with Gasteiger partial charge in [0, 0.05) is 52.7 Å². The summed E-state index contributed by atoms with van der Waals surface area (Å²) in [5.41, 5.74) is 2.95. The van der Waals surface area contributed by atoms with Gasteiger partial charge in [-0.1, -0.05) is 55.0 Å². The maximum absolute atomic E-state index is 14.3. The number of ketones is 3. The summed E-state index contributed by atoms with van der Waals surface area (Å²) < 4.78 is 0. The zero-order valence-corrected chi connectivity index (χ0v) is 22.4. The quantitative estimate of drug-likeness (QED) is 0.305. The monoisotopic (exact) mass is 510 g/mol. The Hall–Kier alpha value is -3.54. The molecular weight excluding hydrogens is 476 g/mol. The first-order valence-electron chi connectivity index (χ1n) is 13.7. The zero-order valence-electron chi connectivity index (χ0n) is 22.4. The first-order valence-corrected chi connectivity index (χ1v) is 13.7. The molecule has 2 aromatic rings. The summed E-state index contributed by atoms with van der Waals surface area (Å²) in [6.07, 6.45) is 8.95. The van der Waals surface area contributed by atoms with E-state index >= 15 is 0 Å². The normalized spacial score (nSPS) is 35.3. The van der Waals surface area contributed by atoms with Crippen LogP contribution in [0.15, 0.2) is 59.7 Å². The summed E-state index contributed by atoms with van der Waals surface area (Å²) in [5.74, 6) is -2.31. The molecule has 38 heavy (non-hydrogen) atoms. The Morgan fingerprint density at radius 2 is 1.76 bits per heavy atom. The van der Waals surface area contributed by atoms with Crippen LogP contribution in [0, 0.1) is 23.2 Å². The highest BCUT2D eigenvalue weighted by atomic mass is 16.2. The molecule has 196 valence electrons. The molecule has 6 heteroatoms. The van der Waals surface area contributed by atoms with E-state index in [0.29, 0.717) is 18.4 Å². The first-order chi connectivity index (χ1) is 18.1. The smallest absolute Gasteiger partial charge is 0.235 e. The molecule has 0 unspecified atom stereocenters. The standard InChI is InChI=1S/C32H34N2O4/c1-17-8-7-9-20-15-19(3)31(4)28-24(16-22-21-10-5-6-11-23(21)33-29(22)31)34-30(38)32(20,28)26(36)13-12-25(35)27(37)18(2)14-17/h5-7,9-11,14-15,17,20,24,28,33H,8,12-13,16H2,1-4H3,(H,34,38)/t17-,20-,24-,28+,31+,32+/m0/s1. The molecule has 6 rings (SSSR count). The number of fused-ring (bicyclic) bond motifs is 4. The SMILES string of the molecule is CC1=C[C@@H](C)CC=C[C@H]2C=C(C)[C@@]3(C)c4[nH]c5ccccc5c4C[C@@H]4NC(=O)[C@]2(C(=O)CCC(=O)C1=O)[C@H]43. The summed E-state index contributed by atoms with van der Waals surface area (Å²) in [6, 6.07) is 8.00. The van der Waals surface area contributed by atoms with Crippen LogP contribution in [0.25, 0.3) is 10.9 Å². The van der Waals surface area contributed by atoms with Gasteiger partial charge < -0.3 is 10.3 Å². The van der Waals surface area contributed by atoms with E-state index in [1.54, 1.807) is 6.92 Å². The van der Waals surface area contributed by atoms with Crippen LogP contribution >= 0.6 is 0 Å². The number of hydrogen-bond donors (Lipinski definition) is 2. The average molecular weight is 511 g/mol. The van der Waals surface area contributed by atoms with Crippen molar-refractivity contribution in [3.05, 3.63) is 71.0 Å². The Morgan fingerprint density at radius 1 is 1.00 bits per heavy atom. The number of Topliss-reactive ketones (excluding diaryl/α,β-unsaturated/α-hetero) is 3. The van der Waals surface area contributed by atoms with Crippen molar-refractivity contribution >= 4 is 34.2 Å². The van der Waals surface area contributed by atoms with Crippen LogP contribution in [-0.4, -0.2) is 34.3 Å². The molecule has 1 fully saturated rings. The van der Waals surface area contributed by atoms with Crippen LogP contribution in [-0.2, 0) is 31.0 Å². The topological polar surface area (TPSA) is 96.1 Å². The number of nitrogens with one attached hydrogen (secondary N) is 2. The highest BCUT2D eigenvalue weighted by molar-refractivity contribution is 6.43. The summed E-state index contributed by atoms with van der Waals surface area (Å²) in [5, 5.41) is 4.39. The summed E-state index contributed by atoms with van der Waals surface area (Å²) >= 11 is 0. The predicted octanol–water partition coefficient (Wildman–Crippen LogP) is 4.69. The molecule has 1 spiro atoms. The van der Waals surface area contributed by atoms with Gasteiger partial charge in [0.05, 0.1) is 0 Å². The number of aromatic amines is 1. The average Bonchev–Trinajstić information content (AvgIpc) is 3.41. The van der Waals surface area contributed by atoms with Crippen molar-refractivity contribution < 1.29 is 19.2 Å². The van der Waals surface area contributed by atoms with Crippen molar-refractivity contribution in [1.29, 1.82) is 0 Å². The van der Waals surface area contributed by atoms with E-state index in [2.05, 4.69) is 42.4 Å². The molecule has 0 bridgehead atoms. The zero-order chi connectivity index (χ0) is 27.0. The second kappa shape index (κ2) is 8.48. The summed E-state index contributed by atoms with van der Waals surface area (Å²) in [7, 11) is 0. The lowest BCUT2D eigenvalue weighted by Gasteiger charge is -2.53.